The van der Waals surface area contributed by atoms with E-state index in [4.69, 9.17) is 5.73 Å². The van der Waals surface area contributed by atoms with Crippen LogP contribution in [0.5, 0.6) is 0 Å². The number of hydrogen-bond donors (Lipinski definition) is 2. The summed E-state index contributed by atoms with van der Waals surface area (Å²) in [6.45, 7) is 0. The summed E-state index contributed by atoms with van der Waals surface area (Å²) in [7, 11) is -3.70. The fourth-order valence-electron chi connectivity index (χ4n) is 0.898. The van der Waals surface area contributed by atoms with Crippen LogP contribution in [0, 0.1) is 0 Å². The van der Waals surface area contributed by atoms with Gasteiger partial charge in [0.15, 0.2) is 0 Å². The summed E-state index contributed by atoms with van der Waals surface area (Å²) in [5, 5.41) is 6.83. The summed E-state index contributed by atoms with van der Waals surface area (Å²) in [6, 6.07) is 2.74. The minimum absolute atomic E-state index is 0.00287. The topological polar surface area (TPSA) is 124 Å². The number of nitrogens with zero attached hydrogens (tertiary/aromatic N) is 4. The number of nitrogens with two attached hydrogens (primary N) is 1. The molecule has 3 N–H and O–H groups in total. The Hall–Kier alpha value is -1.81. The number of rotatable bonds is 3. The third-order valence-corrected chi connectivity index (χ3v) is 3.56. The van der Waals surface area contributed by atoms with E-state index < -0.39 is 10.0 Å². The van der Waals surface area contributed by atoms with Crippen molar-refractivity contribution in [3.05, 3.63) is 18.3 Å². The first kappa shape index (κ1) is 10.7. The molecule has 0 spiro atoms. The first-order valence-electron chi connectivity index (χ1n) is 3.97. The molecule has 0 radical (unpaired) electrons. The Morgan fingerprint density at radius 2 is 2.19 bits per heavy atom. The van der Waals surface area contributed by atoms with Gasteiger partial charge in [-0.2, -0.15) is 0 Å². The lowest BCUT2D eigenvalue weighted by atomic mass is 10.5. The van der Waals surface area contributed by atoms with E-state index in [0.717, 1.165) is 17.7 Å². The molecule has 0 aliphatic heterocycles. The smallest absolute Gasteiger partial charge is 0.265 e. The molecular formula is C6H6N6O2S2. The average molecular weight is 258 g/mol. The number of aromatic nitrogens is 4. The zero-order valence-electron chi connectivity index (χ0n) is 7.73. The molecule has 16 heavy (non-hydrogen) atoms. The number of nitrogens with one attached hydrogen (secondary N) is 1. The van der Waals surface area contributed by atoms with Crippen LogP contribution < -0.4 is 10.5 Å². The van der Waals surface area contributed by atoms with Crippen LogP contribution in [0.1, 0.15) is 0 Å². The molecule has 0 aliphatic carbocycles. The Balaban J connectivity index is 2.29. The van der Waals surface area contributed by atoms with Crippen LogP contribution >= 0.6 is 11.5 Å². The zero-order valence-corrected chi connectivity index (χ0v) is 9.36. The second-order valence-corrected chi connectivity index (χ2v) is 5.11. The lowest BCUT2D eigenvalue weighted by Crippen LogP contribution is -2.13. The minimum Gasteiger partial charge on any atom is -0.384 e. The van der Waals surface area contributed by atoms with Crippen molar-refractivity contribution in [2.24, 2.45) is 0 Å². The van der Waals surface area contributed by atoms with Crippen LogP contribution in [0.2, 0.25) is 0 Å². The maximum Gasteiger partial charge on any atom is 0.265 e. The zero-order chi connectivity index (χ0) is 11.6. The van der Waals surface area contributed by atoms with E-state index in [1.54, 1.807) is 0 Å². The van der Waals surface area contributed by atoms with Gasteiger partial charge in [-0.05, 0) is 17.3 Å². The van der Waals surface area contributed by atoms with Crippen molar-refractivity contribution in [2.75, 3.05) is 10.5 Å². The van der Waals surface area contributed by atoms with Gasteiger partial charge in [0.1, 0.15) is 10.7 Å². The molecule has 0 saturated heterocycles. The maximum absolute atomic E-state index is 11.7. The van der Waals surface area contributed by atoms with E-state index in [-0.39, 0.29) is 15.8 Å². The molecule has 2 heterocycles. The van der Waals surface area contributed by atoms with Gasteiger partial charge in [-0.15, -0.1) is 0 Å². The van der Waals surface area contributed by atoms with Crippen molar-refractivity contribution in [3.8, 4) is 0 Å². The van der Waals surface area contributed by atoms with E-state index in [1.165, 1.54) is 12.1 Å². The predicted molar refractivity (Wildman–Crippen MR) is 57.2 cm³/mol. The molecule has 0 aliphatic rings. The summed E-state index contributed by atoms with van der Waals surface area (Å²) in [5.74, 6) is 0.247. The van der Waals surface area contributed by atoms with Crippen LogP contribution in [0.15, 0.2) is 23.2 Å². The number of anilines is 2. The third kappa shape index (κ3) is 2.23. The molecular weight excluding hydrogens is 252 g/mol. The van der Waals surface area contributed by atoms with Gasteiger partial charge in [-0.3, -0.25) is 4.72 Å². The molecule has 0 saturated carbocycles. The molecule has 0 bridgehead atoms. The number of sulfonamides is 1. The molecule has 10 heteroatoms. The van der Waals surface area contributed by atoms with Crippen LogP contribution in [-0.4, -0.2) is 28.2 Å². The van der Waals surface area contributed by atoms with Gasteiger partial charge in [-0.25, -0.2) is 13.4 Å². The quantitative estimate of drug-likeness (QED) is 0.775. The van der Waals surface area contributed by atoms with Crippen LogP contribution in [0.25, 0.3) is 0 Å². The molecule has 2 rings (SSSR count). The SMILES string of the molecule is Nc1ccc(S(=O)(=O)Nc2nnns2)cn1. The second-order valence-electron chi connectivity index (χ2n) is 2.69. The summed E-state index contributed by atoms with van der Waals surface area (Å²) in [5.41, 5.74) is 5.35. The fraction of sp³-hybridized carbons (Fsp3) is 0. The van der Waals surface area contributed by atoms with Gasteiger partial charge in [-0.1, -0.05) is 9.59 Å². The molecule has 0 unspecified atom stereocenters. The van der Waals surface area contributed by atoms with E-state index >= 15 is 0 Å². The highest BCUT2D eigenvalue weighted by molar-refractivity contribution is 7.92. The molecule has 0 amide bonds. The summed E-state index contributed by atoms with van der Waals surface area (Å²) in [6.07, 6.45) is 1.16. The molecule has 0 aromatic carbocycles. The lowest BCUT2D eigenvalue weighted by Gasteiger charge is -2.03. The normalized spacial score (nSPS) is 11.2. The largest absolute Gasteiger partial charge is 0.384 e. The first-order valence-corrected chi connectivity index (χ1v) is 6.23. The maximum atomic E-state index is 11.7. The van der Waals surface area contributed by atoms with Crippen molar-refractivity contribution < 1.29 is 8.42 Å². The summed E-state index contributed by atoms with van der Waals surface area (Å²) >= 11 is 0.840. The Bertz CT molecular complexity index is 564. The van der Waals surface area contributed by atoms with Crippen LogP contribution in [0.3, 0.4) is 0 Å². The lowest BCUT2D eigenvalue weighted by molar-refractivity contribution is 0.600. The summed E-state index contributed by atoms with van der Waals surface area (Å²) in [4.78, 5) is 3.68. The Morgan fingerprint density at radius 1 is 1.38 bits per heavy atom. The standard InChI is InChI=1S/C6H6N6O2S2/c7-5-2-1-4(3-8-5)16(13,14)10-6-9-11-12-15-6/h1-3H,(H2,7,8)(H,9,10,12). The first-order chi connectivity index (χ1) is 7.58. The number of hydrogen-bond acceptors (Lipinski definition) is 8. The number of nitrogen functional groups attached to an aromatic ring is 1. The van der Waals surface area contributed by atoms with Gasteiger partial charge in [0.25, 0.3) is 10.0 Å². The van der Waals surface area contributed by atoms with Crippen LogP contribution in [-0.2, 0) is 10.0 Å². The molecule has 0 fully saturated rings. The van der Waals surface area contributed by atoms with Crippen molar-refractivity contribution in [1.82, 2.24) is 19.8 Å². The van der Waals surface area contributed by atoms with E-state index in [1.807, 2.05) is 0 Å². The Kier molecular flexibility index (Phi) is 2.66. The Labute approximate surface area is 94.7 Å². The highest BCUT2D eigenvalue weighted by atomic mass is 32.2. The van der Waals surface area contributed by atoms with E-state index in [9.17, 15) is 8.42 Å². The minimum atomic E-state index is -3.70. The molecule has 0 atom stereocenters. The molecule has 84 valence electrons. The third-order valence-electron chi connectivity index (χ3n) is 1.59. The highest BCUT2D eigenvalue weighted by Gasteiger charge is 2.16. The van der Waals surface area contributed by atoms with Gasteiger partial charge in [0.2, 0.25) is 5.13 Å². The van der Waals surface area contributed by atoms with Crippen molar-refractivity contribution >= 4 is 32.5 Å². The predicted octanol–water partition coefficient (Wildman–Crippen LogP) is -0.289. The molecule has 2 aromatic heterocycles. The summed E-state index contributed by atoms with van der Waals surface area (Å²) < 4.78 is 29.1. The second kappa shape index (κ2) is 3.98. The van der Waals surface area contributed by atoms with Crippen molar-refractivity contribution in [3.63, 3.8) is 0 Å². The fourth-order valence-corrected chi connectivity index (χ4v) is 2.43. The molecule has 2 aromatic rings. The average Bonchev–Trinajstić information content (AvgIpc) is 2.70. The highest BCUT2D eigenvalue weighted by Crippen LogP contribution is 2.15. The van der Waals surface area contributed by atoms with E-state index in [2.05, 4.69) is 24.5 Å². The molecule has 8 nitrogen and oxygen atoms in total. The van der Waals surface area contributed by atoms with Crippen molar-refractivity contribution in [1.29, 1.82) is 0 Å². The Morgan fingerprint density at radius 3 is 2.75 bits per heavy atom. The van der Waals surface area contributed by atoms with Crippen molar-refractivity contribution in [2.45, 2.75) is 4.90 Å². The monoisotopic (exact) mass is 258 g/mol. The van der Waals surface area contributed by atoms with Gasteiger partial charge in [0, 0.05) is 17.7 Å². The van der Waals surface area contributed by atoms with Gasteiger partial charge >= 0.3 is 0 Å². The van der Waals surface area contributed by atoms with E-state index in [0.29, 0.717) is 0 Å². The van der Waals surface area contributed by atoms with Gasteiger partial charge < -0.3 is 5.73 Å². The number of pyridine rings is 1. The van der Waals surface area contributed by atoms with Gasteiger partial charge in [0.05, 0.1) is 0 Å². The van der Waals surface area contributed by atoms with Crippen LogP contribution in [0.4, 0.5) is 10.9 Å².